The molecule has 1 heterocycles. The maximum absolute atomic E-state index is 12.2. The SMILES string of the molecule is CCN(CC)c1ccc(C(=O)Nc2cccc(I)c2)cn1. The van der Waals surface area contributed by atoms with Crippen molar-refractivity contribution < 1.29 is 4.79 Å². The van der Waals surface area contributed by atoms with E-state index in [0.29, 0.717) is 5.56 Å². The highest BCUT2D eigenvalue weighted by atomic mass is 127. The van der Waals surface area contributed by atoms with Crippen molar-refractivity contribution in [1.82, 2.24) is 4.98 Å². The number of aromatic nitrogens is 1. The number of amides is 1. The highest BCUT2D eigenvalue weighted by molar-refractivity contribution is 14.1. The number of benzene rings is 1. The molecule has 1 amide bonds. The minimum absolute atomic E-state index is 0.143. The van der Waals surface area contributed by atoms with E-state index in [4.69, 9.17) is 0 Å². The van der Waals surface area contributed by atoms with Crippen LogP contribution in [0.25, 0.3) is 0 Å². The summed E-state index contributed by atoms with van der Waals surface area (Å²) in [4.78, 5) is 18.7. The first-order valence-corrected chi connectivity index (χ1v) is 7.99. The molecular formula is C16H18IN3O. The molecule has 0 radical (unpaired) electrons. The van der Waals surface area contributed by atoms with Gasteiger partial charge in [0, 0.05) is 28.5 Å². The van der Waals surface area contributed by atoms with Crippen LogP contribution >= 0.6 is 22.6 Å². The smallest absolute Gasteiger partial charge is 0.257 e. The maximum Gasteiger partial charge on any atom is 0.257 e. The monoisotopic (exact) mass is 395 g/mol. The van der Waals surface area contributed by atoms with Crippen LogP contribution in [0.4, 0.5) is 11.5 Å². The molecule has 0 unspecified atom stereocenters. The molecule has 4 nitrogen and oxygen atoms in total. The molecule has 0 aliphatic rings. The quantitative estimate of drug-likeness (QED) is 0.784. The van der Waals surface area contributed by atoms with Gasteiger partial charge < -0.3 is 10.2 Å². The normalized spacial score (nSPS) is 10.2. The van der Waals surface area contributed by atoms with Gasteiger partial charge in [0.15, 0.2) is 0 Å². The van der Waals surface area contributed by atoms with Gasteiger partial charge in [0.05, 0.1) is 5.56 Å². The fourth-order valence-electron chi connectivity index (χ4n) is 2.02. The van der Waals surface area contributed by atoms with E-state index < -0.39 is 0 Å². The second-order valence-corrected chi connectivity index (χ2v) is 5.79. The topological polar surface area (TPSA) is 45.2 Å². The Hall–Kier alpha value is -1.63. The third-order valence-corrected chi connectivity index (χ3v) is 3.85. The number of hydrogen-bond acceptors (Lipinski definition) is 3. The van der Waals surface area contributed by atoms with Crippen LogP contribution in [-0.4, -0.2) is 24.0 Å². The summed E-state index contributed by atoms with van der Waals surface area (Å²) in [6, 6.07) is 11.4. The van der Waals surface area contributed by atoms with Crippen LogP contribution in [0.3, 0.4) is 0 Å². The van der Waals surface area contributed by atoms with Crippen LogP contribution in [0.15, 0.2) is 42.6 Å². The lowest BCUT2D eigenvalue weighted by molar-refractivity contribution is 0.102. The summed E-state index contributed by atoms with van der Waals surface area (Å²) >= 11 is 2.22. The number of nitrogens with one attached hydrogen (secondary N) is 1. The van der Waals surface area contributed by atoms with Crippen LogP contribution in [0.5, 0.6) is 0 Å². The molecule has 0 fully saturated rings. The Morgan fingerprint density at radius 2 is 2.00 bits per heavy atom. The molecule has 1 aromatic carbocycles. The first-order valence-electron chi connectivity index (χ1n) is 6.92. The van der Waals surface area contributed by atoms with Crippen LogP contribution in [0, 0.1) is 3.57 Å². The zero-order valence-electron chi connectivity index (χ0n) is 12.1. The molecule has 0 saturated heterocycles. The van der Waals surface area contributed by atoms with E-state index in [0.717, 1.165) is 28.2 Å². The van der Waals surface area contributed by atoms with Gasteiger partial charge in [-0.3, -0.25) is 4.79 Å². The largest absolute Gasteiger partial charge is 0.357 e. The summed E-state index contributed by atoms with van der Waals surface area (Å²) in [6.07, 6.45) is 1.62. The molecule has 1 aromatic heterocycles. The molecule has 0 spiro atoms. The summed E-state index contributed by atoms with van der Waals surface area (Å²) in [5, 5.41) is 2.88. The molecule has 0 aliphatic heterocycles. The summed E-state index contributed by atoms with van der Waals surface area (Å²) in [6.45, 7) is 5.97. The molecule has 0 atom stereocenters. The van der Waals surface area contributed by atoms with Gasteiger partial charge in [0.2, 0.25) is 0 Å². The van der Waals surface area contributed by atoms with E-state index in [1.165, 1.54) is 0 Å². The first kappa shape index (κ1) is 15.8. The molecule has 2 rings (SSSR count). The van der Waals surface area contributed by atoms with Crippen LogP contribution in [0.1, 0.15) is 24.2 Å². The number of carbonyl (C=O) groups is 1. The van der Waals surface area contributed by atoms with Gasteiger partial charge in [-0.15, -0.1) is 0 Å². The van der Waals surface area contributed by atoms with E-state index in [2.05, 4.69) is 51.6 Å². The van der Waals surface area contributed by atoms with E-state index in [1.807, 2.05) is 36.4 Å². The second kappa shape index (κ2) is 7.40. The standard InChI is InChI=1S/C16H18IN3O/c1-3-20(4-2)15-9-8-12(11-18-15)16(21)19-14-7-5-6-13(17)10-14/h5-11H,3-4H2,1-2H3,(H,19,21). The van der Waals surface area contributed by atoms with E-state index in [-0.39, 0.29) is 5.91 Å². The Balaban J connectivity index is 2.09. The van der Waals surface area contributed by atoms with Crippen molar-refractivity contribution in [2.75, 3.05) is 23.3 Å². The van der Waals surface area contributed by atoms with Crippen molar-refractivity contribution in [3.8, 4) is 0 Å². The third-order valence-electron chi connectivity index (χ3n) is 3.18. The fourth-order valence-corrected chi connectivity index (χ4v) is 2.57. The van der Waals surface area contributed by atoms with E-state index in [9.17, 15) is 4.79 Å². The summed E-state index contributed by atoms with van der Waals surface area (Å²) < 4.78 is 1.08. The average molecular weight is 395 g/mol. The Kier molecular flexibility index (Phi) is 5.55. The number of carbonyl (C=O) groups excluding carboxylic acids is 1. The number of halogens is 1. The predicted molar refractivity (Wildman–Crippen MR) is 94.9 cm³/mol. The lowest BCUT2D eigenvalue weighted by atomic mass is 10.2. The summed E-state index contributed by atoms with van der Waals surface area (Å²) in [7, 11) is 0. The molecule has 1 N–H and O–H groups in total. The van der Waals surface area contributed by atoms with Crippen molar-refractivity contribution in [2.45, 2.75) is 13.8 Å². The molecule has 0 bridgehead atoms. The minimum Gasteiger partial charge on any atom is -0.357 e. The van der Waals surface area contributed by atoms with Gasteiger partial charge in [-0.25, -0.2) is 4.98 Å². The van der Waals surface area contributed by atoms with Gasteiger partial charge in [-0.05, 0) is 66.8 Å². The average Bonchev–Trinajstić information content (AvgIpc) is 2.49. The fraction of sp³-hybridized carbons (Fsp3) is 0.250. The minimum atomic E-state index is -0.143. The van der Waals surface area contributed by atoms with Crippen molar-refractivity contribution in [1.29, 1.82) is 0 Å². The van der Waals surface area contributed by atoms with Crippen LogP contribution in [-0.2, 0) is 0 Å². The van der Waals surface area contributed by atoms with Gasteiger partial charge in [-0.1, -0.05) is 6.07 Å². The van der Waals surface area contributed by atoms with Crippen molar-refractivity contribution in [3.63, 3.8) is 0 Å². The van der Waals surface area contributed by atoms with Gasteiger partial charge in [0.1, 0.15) is 5.82 Å². The van der Waals surface area contributed by atoms with Crippen LogP contribution < -0.4 is 10.2 Å². The lowest BCUT2D eigenvalue weighted by Crippen LogP contribution is -2.23. The van der Waals surface area contributed by atoms with Gasteiger partial charge in [0.25, 0.3) is 5.91 Å². The van der Waals surface area contributed by atoms with Crippen molar-refractivity contribution in [3.05, 3.63) is 51.7 Å². The van der Waals surface area contributed by atoms with Gasteiger partial charge in [-0.2, -0.15) is 0 Å². The number of hydrogen-bond donors (Lipinski definition) is 1. The molecular weight excluding hydrogens is 377 g/mol. The Morgan fingerprint density at radius 3 is 2.57 bits per heavy atom. The van der Waals surface area contributed by atoms with Crippen molar-refractivity contribution >= 4 is 40.0 Å². The molecule has 5 heteroatoms. The van der Waals surface area contributed by atoms with E-state index >= 15 is 0 Å². The maximum atomic E-state index is 12.2. The number of nitrogens with zero attached hydrogens (tertiary/aromatic N) is 2. The summed E-state index contributed by atoms with van der Waals surface area (Å²) in [5.41, 5.74) is 1.35. The lowest BCUT2D eigenvalue weighted by Gasteiger charge is -2.19. The number of anilines is 2. The molecule has 0 saturated carbocycles. The highest BCUT2D eigenvalue weighted by Gasteiger charge is 2.09. The Morgan fingerprint density at radius 1 is 1.24 bits per heavy atom. The van der Waals surface area contributed by atoms with Crippen LogP contribution in [0.2, 0.25) is 0 Å². The highest BCUT2D eigenvalue weighted by Crippen LogP contribution is 2.15. The summed E-state index contributed by atoms with van der Waals surface area (Å²) in [5.74, 6) is 0.751. The predicted octanol–water partition coefficient (Wildman–Crippen LogP) is 3.78. The third kappa shape index (κ3) is 4.17. The zero-order chi connectivity index (χ0) is 15.2. The number of rotatable bonds is 5. The zero-order valence-corrected chi connectivity index (χ0v) is 14.3. The first-order chi connectivity index (χ1) is 10.1. The Bertz CT molecular complexity index is 609. The second-order valence-electron chi connectivity index (χ2n) is 4.54. The van der Waals surface area contributed by atoms with Gasteiger partial charge >= 0.3 is 0 Å². The Labute approximate surface area is 138 Å². The number of pyridine rings is 1. The molecule has 2 aromatic rings. The van der Waals surface area contributed by atoms with E-state index in [1.54, 1.807) is 6.20 Å². The molecule has 110 valence electrons. The molecule has 21 heavy (non-hydrogen) atoms. The molecule has 0 aliphatic carbocycles. The van der Waals surface area contributed by atoms with Crippen molar-refractivity contribution in [2.24, 2.45) is 0 Å².